The summed E-state index contributed by atoms with van der Waals surface area (Å²) >= 11 is 0. The smallest absolute Gasteiger partial charge is 0.330 e. The van der Waals surface area contributed by atoms with Crippen LogP contribution >= 0.6 is 0 Å². The van der Waals surface area contributed by atoms with E-state index in [-0.39, 0.29) is 12.6 Å². The molecule has 0 N–H and O–H groups in total. The number of carbonyl (C=O) groups excluding carboxylic acids is 1. The van der Waals surface area contributed by atoms with E-state index in [0.29, 0.717) is 30.1 Å². The van der Waals surface area contributed by atoms with Crippen molar-refractivity contribution in [3.63, 3.8) is 0 Å². The molecule has 1 aliphatic heterocycles. The van der Waals surface area contributed by atoms with Crippen LogP contribution in [0.1, 0.15) is 28.8 Å². The number of para-hydroxylation sites is 2. The normalized spacial score (nSPS) is 14.7. The first-order valence-corrected chi connectivity index (χ1v) is 12.7. The maximum Gasteiger partial charge on any atom is 0.330 e. The number of benzene rings is 3. The minimum atomic E-state index is -1.18. The van der Waals surface area contributed by atoms with Crippen molar-refractivity contribution < 1.29 is 9.53 Å². The third-order valence-corrected chi connectivity index (χ3v) is 6.77. The maximum absolute atomic E-state index is 12.8. The molecule has 0 radical (unpaired) electrons. The predicted molar refractivity (Wildman–Crippen MR) is 148 cm³/mol. The Morgan fingerprint density at radius 1 is 0.895 bits per heavy atom. The molecule has 5 rings (SSSR count). The summed E-state index contributed by atoms with van der Waals surface area (Å²) in [7, 11) is 0. The van der Waals surface area contributed by atoms with Crippen LogP contribution in [0.2, 0.25) is 0 Å². The van der Waals surface area contributed by atoms with Crippen molar-refractivity contribution >= 4 is 22.8 Å². The fraction of sp³-hybridized carbons (Fsp3) is 0.226. The zero-order chi connectivity index (χ0) is 26.3. The number of fused-ring (bicyclic) bond motifs is 1. The second-order valence-corrected chi connectivity index (χ2v) is 9.15. The van der Waals surface area contributed by atoms with Crippen molar-refractivity contribution in [1.29, 1.82) is 5.26 Å². The molecule has 3 aromatic carbocycles. The topological polar surface area (TPSA) is 82.3 Å². The van der Waals surface area contributed by atoms with Crippen LogP contribution in [0.25, 0.3) is 11.0 Å². The van der Waals surface area contributed by atoms with Gasteiger partial charge in [0.1, 0.15) is 12.3 Å². The molecule has 1 fully saturated rings. The fourth-order valence-electron chi connectivity index (χ4n) is 4.96. The molecule has 1 aliphatic rings. The molecule has 190 valence electrons. The number of piperazine rings is 1. The van der Waals surface area contributed by atoms with Crippen LogP contribution in [0.5, 0.6) is 0 Å². The van der Waals surface area contributed by atoms with Gasteiger partial charge < -0.3 is 9.64 Å². The average molecular weight is 504 g/mol. The molecule has 0 saturated carbocycles. The molecule has 1 aromatic heterocycles. The highest BCUT2D eigenvalue weighted by atomic mass is 16.5. The van der Waals surface area contributed by atoms with Gasteiger partial charge in [-0.25, -0.2) is 9.97 Å². The first-order valence-electron chi connectivity index (χ1n) is 12.7. The first kappa shape index (κ1) is 25.1. The van der Waals surface area contributed by atoms with E-state index in [2.05, 4.69) is 71.0 Å². The average Bonchev–Trinajstić information content (AvgIpc) is 2.98. The minimum absolute atomic E-state index is 0.0341. The Kier molecular flexibility index (Phi) is 7.72. The molecule has 7 nitrogen and oxygen atoms in total. The molecular weight excluding hydrogens is 474 g/mol. The van der Waals surface area contributed by atoms with Crippen LogP contribution in [0.15, 0.2) is 97.6 Å². The lowest BCUT2D eigenvalue weighted by Gasteiger charge is -2.40. The quantitative estimate of drug-likeness (QED) is 0.250. The molecule has 38 heavy (non-hydrogen) atoms. The van der Waals surface area contributed by atoms with Crippen LogP contribution in [0.3, 0.4) is 0 Å². The van der Waals surface area contributed by atoms with Crippen molar-refractivity contribution in [1.82, 2.24) is 14.9 Å². The van der Waals surface area contributed by atoms with E-state index >= 15 is 0 Å². The third kappa shape index (κ3) is 5.26. The van der Waals surface area contributed by atoms with E-state index in [0.717, 1.165) is 18.6 Å². The zero-order valence-electron chi connectivity index (χ0n) is 21.1. The van der Waals surface area contributed by atoms with Gasteiger partial charge in [-0.2, -0.15) is 5.26 Å². The minimum Gasteiger partial charge on any atom is -0.460 e. The summed E-state index contributed by atoms with van der Waals surface area (Å²) in [6.07, 6.45) is 1.48. The number of carbonyl (C=O) groups is 1. The molecule has 0 unspecified atom stereocenters. The van der Waals surface area contributed by atoms with E-state index in [1.165, 1.54) is 17.2 Å². The number of hydrogen-bond donors (Lipinski definition) is 0. The highest BCUT2D eigenvalue weighted by molar-refractivity contribution is 5.85. The summed E-state index contributed by atoms with van der Waals surface area (Å²) in [5, 5.41) is 9.94. The number of aromatic nitrogens is 2. The molecule has 1 atom stereocenters. The number of rotatable bonds is 8. The molecular formula is C31H29N5O2. The fourth-order valence-corrected chi connectivity index (χ4v) is 4.96. The lowest BCUT2D eigenvalue weighted by Crippen LogP contribution is -2.48. The summed E-state index contributed by atoms with van der Waals surface area (Å²) in [5.74, 6) is -1.27. The molecule has 0 aliphatic carbocycles. The second-order valence-electron chi connectivity index (χ2n) is 9.15. The lowest BCUT2D eigenvalue weighted by atomic mass is 9.96. The Balaban J connectivity index is 1.45. The zero-order valence-corrected chi connectivity index (χ0v) is 21.1. The monoisotopic (exact) mass is 503 g/mol. The van der Waals surface area contributed by atoms with Crippen LogP contribution in [0, 0.1) is 11.3 Å². The van der Waals surface area contributed by atoms with Gasteiger partial charge in [-0.05, 0) is 23.3 Å². The molecule has 0 amide bonds. The number of nitriles is 1. The molecule has 1 saturated heterocycles. The van der Waals surface area contributed by atoms with Crippen molar-refractivity contribution in [3.8, 4) is 6.07 Å². The van der Waals surface area contributed by atoms with Crippen LogP contribution < -0.4 is 4.90 Å². The highest BCUT2D eigenvalue weighted by Crippen LogP contribution is 2.32. The lowest BCUT2D eigenvalue weighted by molar-refractivity contribution is -0.142. The number of nitrogens with zero attached hydrogens (tertiary/aromatic N) is 5. The maximum atomic E-state index is 12.8. The van der Waals surface area contributed by atoms with E-state index in [4.69, 9.17) is 14.7 Å². The van der Waals surface area contributed by atoms with Gasteiger partial charge in [0.25, 0.3) is 0 Å². The van der Waals surface area contributed by atoms with Crippen molar-refractivity contribution in [2.24, 2.45) is 0 Å². The molecule has 4 aromatic rings. The van der Waals surface area contributed by atoms with Crippen LogP contribution in [-0.4, -0.2) is 53.6 Å². The van der Waals surface area contributed by atoms with Crippen molar-refractivity contribution in [2.45, 2.75) is 12.0 Å². The third-order valence-electron chi connectivity index (χ3n) is 6.77. The Morgan fingerprint density at radius 2 is 1.45 bits per heavy atom. The van der Waals surface area contributed by atoms with E-state index in [1.807, 2.05) is 36.4 Å². The Hall–Kier alpha value is -4.54. The van der Waals surface area contributed by atoms with E-state index in [1.54, 1.807) is 0 Å². The van der Waals surface area contributed by atoms with Crippen LogP contribution in [0.4, 0.5) is 5.82 Å². The standard InChI is InChI=1S/C31H29N5O2/c1-2-21-38-31(37)25(22-32)28-30(34-27-16-10-9-15-26(27)33-28)36-19-17-35(18-20-36)29(23-11-5-3-6-12-23)24-13-7-4-8-14-24/h2-16,25,29H,1,17-21H2/t25-/m1/s1. The number of ether oxygens (including phenoxy) is 1. The van der Waals surface area contributed by atoms with E-state index < -0.39 is 11.9 Å². The van der Waals surface area contributed by atoms with Gasteiger partial charge in [-0.15, -0.1) is 0 Å². The van der Waals surface area contributed by atoms with Gasteiger partial charge in [0.2, 0.25) is 0 Å². The molecule has 2 heterocycles. The van der Waals surface area contributed by atoms with Gasteiger partial charge in [0.05, 0.1) is 23.1 Å². The van der Waals surface area contributed by atoms with Gasteiger partial charge in [-0.3, -0.25) is 9.69 Å². The van der Waals surface area contributed by atoms with Gasteiger partial charge in [-0.1, -0.05) is 85.5 Å². The largest absolute Gasteiger partial charge is 0.460 e. The Morgan fingerprint density at radius 3 is 2.00 bits per heavy atom. The summed E-state index contributed by atoms with van der Waals surface area (Å²) < 4.78 is 5.23. The van der Waals surface area contributed by atoms with Crippen LogP contribution in [-0.2, 0) is 9.53 Å². The van der Waals surface area contributed by atoms with Gasteiger partial charge in [0.15, 0.2) is 11.7 Å². The second kappa shape index (κ2) is 11.7. The SMILES string of the molecule is C=CCOC(=O)[C@H](C#N)c1nc2ccccc2nc1N1CCN(C(c2ccccc2)c2ccccc2)CC1. The van der Waals surface area contributed by atoms with Gasteiger partial charge >= 0.3 is 5.97 Å². The molecule has 7 heteroatoms. The van der Waals surface area contributed by atoms with Crippen molar-refractivity contribution in [3.05, 3.63) is 114 Å². The predicted octanol–water partition coefficient (Wildman–Crippen LogP) is 4.88. The highest BCUT2D eigenvalue weighted by Gasteiger charge is 2.32. The van der Waals surface area contributed by atoms with Crippen molar-refractivity contribution in [2.75, 3.05) is 37.7 Å². The summed E-state index contributed by atoms with van der Waals surface area (Å²) in [6, 6.07) is 30.8. The first-order chi connectivity index (χ1) is 18.7. The van der Waals surface area contributed by atoms with E-state index in [9.17, 15) is 10.1 Å². The molecule has 0 spiro atoms. The number of hydrogen-bond acceptors (Lipinski definition) is 7. The number of esters is 1. The molecule has 0 bridgehead atoms. The summed E-state index contributed by atoms with van der Waals surface area (Å²) in [4.78, 5) is 27.0. The summed E-state index contributed by atoms with van der Waals surface area (Å²) in [6.45, 7) is 6.53. The van der Waals surface area contributed by atoms with Gasteiger partial charge in [0, 0.05) is 26.2 Å². The Bertz CT molecular complexity index is 1400. The summed E-state index contributed by atoms with van der Waals surface area (Å²) in [5.41, 5.74) is 4.17. The number of anilines is 1. The Labute approximate surface area is 222 Å².